The smallest absolute Gasteiger partial charge is 0.416 e. The molecule has 0 saturated heterocycles. The van der Waals surface area contributed by atoms with Gasteiger partial charge in [0.1, 0.15) is 12.4 Å². The molecular formula is C18H16BrF3O4. The number of aliphatic hydroxyl groups excluding tert-OH is 1. The third kappa shape index (κ3) is 4.76. The molecule has 0 spiro atoms. The first-order valence-electron chi connectivity index (χ1n) is 7.70. The normalized spacial score (nSPS) is 11.3. The molecule has 0 amide bonds. The zero-order valence-corrected chi connectivity index (χ0v) is 15.4. The molecular weight excluding hydrogens is 417 g/mol. The lowest BCUT2D eigenvalue weighted by Crippen LogP contribution is -2.08. The molecule has 0 fully saturated rings. The van der Waals surface area contributed by atoms with E-state index in [1.165, 1.54) is 24.3 Å². The highest BCUT2D eigenvalue weighted by atomic mass is 79.9. The number of carbonyl (C=O) groups is 1. The van der Waals surface area contributed by atoms with E-state index >= 15 is 0 Å². The number of ether oxygens (including phenoxy) is 2. The van der Waals surface area contributed by atoms with Crippen molar-refractivity contribution < 1.29 is 32.5 Å². The van der Waals surface area contributed by atoms with Gasteiger partial charge < -0.3 is 14.6 Å². The Bertz CT molecular complexity index is 790. The van der Waals surface area contributed by atoms with Gasteiger partial charge in [-0.05, 0) is 52.7 Å². The Kier molecular flexibility index (Phi) is 6.66. The van der Waals surface area contributed by atoms with Crippen molar-refractivity contribution in [1.82, 2.24) is 0 Å². The molecule has 0 bridgehead atoms. The molecule has 0 aromatic heterocycles. The summed E-state index contributed by atoms with van der Waals surface area (Å²) in [7, 11) is 0. The lowest BCUT2D eigenvalue weighted by Gasteiger charge is -2.15. The van der Waals surface area contributed by atoms with Gasteiger partial charge in [0, 0.05) is 10.0 Å². The summed E-state index contributed by atoms with van der Waals surface area (Å²) >= 11 is 3.24. The van der Waals surface area contributed by atoms with E-state index in [9.17, 15) is 18.0 Å². The first-order valence-corrected chi connectivity index (χ1v) is 8.49. The number of alkyl halides is 3. The molecule has 0 atom stereocenters. The van der Waals surface area contributed by atoms with Crippen LogP contribution in [0.3, 0.4) is 0 Å². The van der Waals surface area contributed by atoms with E-state index in [0.717, 1.165) is 12.1 Å². The van der Waals surface area contributed by atoms with Crippen molar-refractivity contribution in [3.8, 4) is 16.9 Å². The zero-order valence-electron chi connectivity index (χ0n) is 13.8. The van der Waals surface area contributed by atoms with Crippen LogP contribution in [0.1, 0.15) is 22.8 Å². The molecule has 2 aromatic rings. The second kappa shape index (κ2) is 8.55. The van der Waals surface area contributed by atoms with Crippen LogP contribution in [0.15, 0.2) is 40.9 Å². The lowest BCUT2D eigenvalue weighted by molar-refractivity contribution is -0.137. The summed E-state index contributed by atoms with van der Waals surface area (Å²) in [6.45, 7) is 1.50. The van der Waals surface area contributed by atoms with E-state index in [2.05, 4.69) is 15.9 Å². The molecule has 0 aliphatic heterocycles. The second-order valence-electron chi connectivity index (χ2n) is 5.20. The molecule has 1 N–H and O–H groups in total. The van der Waals surface area contributed by atoms with Crippen molar-refractivity contribution in [1.29, 1.82) is 0 Å². The minimum absolute atomic E-state index is 0.0445. The van der Waals surface area contributed by atoms with Crippen molar-refractivity contribution in [2.75, 3.05) is 19.8 Å². The second-order valence-corrected chi connectivity index (χ2v) is 6.05. The third-order valence-corrected chi connectivity index (χ3v) is 4.07. The van der Waals surface area contributed by atoms with Gasteiger partial charge in [-0.3, -0.25) is 0 Å². The Balaban J connectivity index is 2.60. The van der Waals surface area contributed by atoms with E-state index in [-0.39, 0.29) is 42.3 Å². The van der Waals surface area contributed by atoms with Crippen LogP contribution in [0.4, 0.5) is 13.2 Å². The summed E-state index contributed by atoms with van der Waals surface area (Å²) in [4.78, 5) is 12.1. The fraction of sp³-hybridized carbons (Fsp3) is 0.278. The number of hydrogen-bond donors (Lipinski definition) is 1. The summed E-state index contributed by atoms with van der Waals surface area (Å²) in [5, 5.41) is 8.96. The predicted octanol–water partition coefficient (Wildman–Crippen LogP) is 4.68. The predicted molar refractivity (Wildman–Crippen MR) is 93.1 cm³/mol. The van der Waals surface area contributed by atoms with Gasteiger partial charge >= 0.3 is 12.1 Å². The largest absolute Gasteiger partial charge is 0.491 e. The van der Waals surface area contributed by atoms with Gasteiger partial charge in [-0.1, -0.05) is 12.1 Å². The van der Waals surface area contributed by atoms with Crippen LogP contribution >= 0.6 is 15.9 Å². The minimum Gasteiger partial charge on any atom is -0.491 e. The topological polar surface area (TPSA) is 55.8 Å². The number of aliphatic hydroxyl groups is 1. The van der Waals surface area contributed by atoms with Crippen LogP contribution < -0.4 is 4.74 Å². The average Bonchev–Trinajstić information content (AvgIpc) is 2.59. The van der Waals surface area contributed by atoms with Gasteiger partial charge in [-0.15, -0.1) is 0 Å². The number of hydrogen-bond acceptors (Lipinski definition) is 4. The first-order chi connectivity index (χ1) is 12.3. The Hall–Kier alpha value is -2.06. The molecule has 0 radical (unpaired) electrons. The molecule has 0 unspecified atom stereocenters. The molecule has 2 rings (SSSR count). The highest BCUT2D eigenvalue weighted by Gasteiger charge is 2.30. The number of rotatable bonds is 6. The summed E-state index contributed by atoms with van der Waals surface area (Å²) in [6, 6.07) is 7.58. The molecule has 0 saturated carbocycles. The average molecular weight is 433 g/mol. The van der Waals surface area contributed by atoms with Crippen molar-refractivity contribution in [2.45, 2.75) is 13.1 Å². The molecule has 2 aromatic carbocycles. The molecule has 4 nitrogen and oxygen atoms in total. The van der Waals surface area contributed by atoms with Crippen LogP contribution in [0.5, 0.6) is 5.75 Å². The molecule has 0 aliphatic carbocycles. The number of carbonyl (C=O) groups excluding carboxylic acids is 1. The molecule has 140 valence electrons. The van der Waals surface area contributed by atoms with Crippen LogP contribution in [0, 0.1) is 0 Å². The monoisotopic (exact) mass is 432 g/mol. The third-order valence-electron chi connectivity index (χ3n) is 3.41. The molecule has 26 heavy (non-hydrogen) atoms. The van der Waals surface area contributed by atoms with Gasteiger partial charge in [-0.25, -0.2) is 4.79 Å². The maximum atomic E-state index is 13.0. The van der Waals surface area contributed by atoms with Crippen molar-refractivity contribution in [3.63, 3.8) is 0 Å². The van der Waals surface area contributed by atoms with Crippen LogP contribution in [0.2, 0.25) is 0 Å². The molecule has 8 heteroatoms. The Morgan fingerprint density at radius 3 is 2.58 bits per heavy atom. The zero-order chi connectivity index (χ0) is 19.3. The fourth-order valence-corrected chi connectivity index (χ4v) is 2.77. The summed E-state index contributed by atoms with van der Waals surface area (Å²) in [6.07, 6.45) is -4.50. The van der Waals surface area contributed by atoms with Gasteiger partial charge in [0.2, 0.25) is 0 Å². The van der Waals surface area contributed by atoms with E-state index in [1.54, 1.807) is 6.92 Å². The molecule has 0 aliphatic rings. The maximum absolute atomic E-state index is 13.0. The summed E-state index contributed by atoms with van der Waals surface area (Å²) in [5.41, 5.74) is -0.138. The Morgan fingerprint density at radius 1 is 1.23 bits per heavy atom. The Labute approximate surface area is 156 Å². The van der Waals surface area contributed by atoms with Gasteiger partial charge in [0.15, 0.2) is 0 Å². The van der Waals surface area contributed by atoms with E-state index in [0.29, 0.717) is 4.47 Å². The van der Waals surface area contributed by atoms with Crippen LogP contribution in [-0.4, -0.2) is 30.9 Å². The minimum atomic E-state index is -4.50. The van der Waals surface area contributed by atoms with Crippen molar-refractivity contribution in [3.05, 3.63) is 52.0 Å². The quantitative estimate of drug-likeness (QED) is 0.673. The maximum Gasteiger partial charge on any atom is 0.416 e. The van der Waals surface area contributed by atoms with Crippen molar-refractivity contribution >= 4 is 21.9 Å². The van der Waals surface area contributed by atoms with Gasteiger partial charge in [-0.2, -0.15) is 13.2 Å². The van der Waals surface area contributed by atoms with Crippen LogP contribution in [-0.2, 0) is 10.9 Å². The summed E-state index contributed by atoms with van der Waals surface area (Å²) in [5.74, 6) is -0.375. The fourth-order valence-electron chi connectivity index (χ4n) is 2.28. The highest BCUT2D eigenvalue weighted by Crippen LogP contribution is 2.38. The number of benzene rings is 2. The SMILES string of the molecule is CCOC(=O)c1cc(-c2cccc(C(F)(F)F)c2)c(OCCO)cc1Br. The van der Waals surface area contributed by atoms with E-state index in [1.807, 2.05) is 0 Å². The Morgan fingerprint density at radius 2 is 1.96 bits per heavy atom. The van der Waals surface area contributed by atoms with Gasteiger partial charge in [0.05, 0.1) is 24.3 Å². The van der Waals surface area contributed by atoms with E-state index in [4.69, 9.17) is 14.6 Å². The highest BCUT2D eigenvalue weighted by molar-refractivity contribution is 9.10. The lowest BCUT2D eigenvalue weighted by atomic mass is 9.99. The van der Waals surface area contributed by atoms with Crippen molar-refractivity contribution in [2.24, 2.45) is 0 Å². The number of halogens is 4. The number of esters is 1. The van der Waals surface area contributed by atoms with E-state index < -0.39 is 17.7 Å². The van der Waals surface area contributed by atoms with Crippen LogP contribution in [0.25, 0.3) is 11.1 Å². The standard InChI is InChI=1S/C18H16BrF3O4/c1-2-25-17(24)14-9-13(16(10-15(14)19)26-7-6-23)11-4-3-5-12(8-11)18(20,21)22/h3-5,8-10,23H,2,6-7H2,1H3. The summed E-state index contributed by atoms with van der Waals surface area (Å²) < 4.78 is 49.8. The van der Waals surface area contributed by atoms with Gasteiger partial charge in [0.25, 0.3) is 0 Å². The first kappa shape index (κ1) is 20.3. The molecule has 0 heterocycles.